The minimum Gasteiger partial charge on any atom is -0.363 e. The Labute approximate surface area is 210 Å². The fourth-order valence-corrected chi connectivity index (χ4v) is 10.5. The molecule has 0 radical (unpaired) electrons. The van der Waals surface area contributed by atoms with E-state index < -0.39 is 8.24 Å². The molecule has 1 N–H and O–H groups in total. The molecule has 1 aliphatic carbocycles. The monoisotopic (exact) mass is 472 g/mol. The molecule has 0 saturated carbocycles. The Hall–Kier alpha value is -3.40. The second kappa shape index (κ2) is 8.67. The van der Waals surface area contributed by atoms with E-state index in [4.69, 9.17) is 0 Å². The number of aryl methyl sites for hydroxylation is 2. The summed E-state index contributed by atoms with van der Waals surface area (Å²) in [7, 11) is -0.239. The van der Waals surface area contributed by atoms with Crippen LogP contribution in [0.25, 0.3) is 5.70 Å². The van der Waals surface area contributed by atoms with Crippen LogP contribution in [0.3, 0.4) is 0 Å². The summed E-state index contributed by atoms with van der Waals surface area (Å²) in [5.41, 5.74) is 10.0. The molecule has 1 unspecified atom stereocenters. The van der Waals surface area contributed by atoms with Crippen LogP contribution in [0.2, 0.25) is 0 Å². The first kappa shape index (κ1) is 22.1. The first-order valence-electron chi connectivity index (χ1n) is 12.6. The molecular weight excluding hydrogens is 440 g/mol. The van der Waals surface area contributed by atoms with Gasteiger partial charge in [0.15, 0.2) is 0 Å². The predicted molar refractivity (Wildman–Crippen MR) is 149 cm³/mol. The zero-order valence-corrected chi connectivity index (χ0v) is 21.8. The van der Waals surface area contributed by atoms with Crippen LogP contribution in [0, 0.1) is 13.8 Å². The third-order valence-corrected chi connectivity index (χ3v) is 12.6. The van der Waals surface area contributed by atoms with Gasteiger partial charge in [0.1, 0.15) is 0 Å². The lowest BCUT2D eigenvalue weighted by Gasteiger charge is -2.37. The van der Waals surface area contributed by atoms with Gasteiger partial charge in [0.05, 0.1) is 0 Å². The molecule has 174 valence electrons. The van der Waals surface area contributed by atoms with E-state index in [0.29, 0.717) is 5.54 Å². The van der Waals surface area contributed by atoms with E-state index in [0.717, 1.165) is 13.1 Å². The summed E-state index contributed by atoms with van der Waals surface area (Å²) in [6, 6.07) is 36.5. The van der Waals surface area contributed by atoms with Crippen LogP contribution in [-0.2, 0) is 13.1 Å². The van der Waals surface area contributed by atoms with Crippen molar-refractivity contribution < 1.29 is 0 Å². The molecule has 1 aliphatic heterocycles. The predicted octanol–water partition coefficient (Wildman–Crippen LogP) is 5.28. The molecule has 35 heavy (non-hydrogen) atoms. The molecule has 0 aromatic heterocycles. The number of nitrogens with one attached hydrogen (secondary N) is 1. The van der Waals surface area contributed by atoms with Crippen molar-refractivity contribution in [3.05, 3.63) is 137 Å². The van der Waals surface area contributed by atoms with Gasteiger partial charge in [-0.3, -0.25) is 0 Å². The summed E-state index contributed by atoms with van der Waals surface area (Å²) < 4.78 is 0. The minimum atomic E-state index is -2.41. The topological polar surface area (TPSA) is 15.3 Å². The van der Waals surface area contributed by atoms with Gasteiger partial charge in [-0.25, -0.2) is 0 Å². The van der Waals surface area contributed by atoms with Crippen molar-refractivity contribution in [2.45, 2.75) is 32.5 Å². The van der Waals surface area contributed by atoms with Gasteiger partial charge in [0.25, 0.3) is 0 Å². The van der Waals surface area contributed by atoms with Crippen LogP contribution in [0.4, 0.5) is 0 Å². The first-order chi connectivity index (χ1) is 17.1. The van der Waals surface area contributed by atoms with Crippen LogP contribution in [0.15, 0.2) is 103 Å². The summed E-state index contributed by atoms with van der Waals surface area (Å²) in [6.07, 6.45) is 2.58. The van der Waals surface area contributed by atoms with E-state index in [1.807, 2.05) is 0 Å². The molecule has 0 amide bonds. The van der Waals surface area contributed by atoms with E-state index in [1.54, 1.807) is 0 Å². The summed E-state index contributed by atoms with van der Waals surface area (Å²) in [6.45, 7) is 6.30. The largest absolute Gasteiger partial charge is 0.363 e. The molecule has 0 saturated heterocycles. The Morgan fingerprint density at radius 3 is 1.74 bits per heavy atom. The van der Waals surface area contributed by atoms with Crippen molar-refractivity contribution in [1.82, 2.24) is 9.88 Å². The highest BCUT2D eigenvalue weighted by Crippen LogP contribution is 2.43. The summed E-state index contributed by atoms with van der Waals surface area (Å²) in [5, 5.41) is 2.85. The van der Waals surface area contributed by atoms with E-state index in [9.17, 15) is 0 Å². The molecule has 1 heterocycles. The van der Waals surface area contributed by atoms with E-state index in [-0.39, 0.29) is 0 Å². The number of hydrogen-bond donors (Lipinski definition) is 1. The average Bonchev–Trinajstić information content (AvgIpc) is 3.49. The van der Waals surface area contributed by atoms with E-state index in [2.05, 4.69) is 134 Å². The summed E-state index contributed by atoms with van der Waals surface area (Å²) in [4.78, 5) is 6.55. The van der Waals surface area contributed by atoms with Crippen LogP contribution in [0.5, 0.6) is 0 Å². The number of hydrogen-bond acceptors (Lipinski definition) is 2. The van der Waals surface area contributed by atoms with Gasteiger partial charge in [-0.05, 0) is 48.0 Å². The number of allylic oxidation sites excluding steroid dienone is 1. The van der Waals surface area contributed by atoms with Crippen LogP contribution < -0.4 is 15.4 Å². The van der Waals surface area contributed by atoms with E-state index >= 15 is 0 Å². The van der Waals surface area contributed by atoms with Crippen LogP contribution in [-0.4, -0.2) is 20.2 Å². The van der Waals surface area contributed by atoms with Gasteiger partial charge in [-0.15, -0.1) is 0 Å². The van der Waals surface area contributed by atoms with Crippen LogP contribution in [0.1, 0.15) is 38.9 Å². The molecule has 2 aliphatic rings. The molecule has 3 heteroatoms. The Bertz CT molecular complexity index is 1330. The zero-order chi connectivity index (χ0) is 24.0. The molecular formula is C32H32N2Si. The Morgan fingerprint density at radius 2 is 1.20 bits per heavy atom. The van der Waals surface area contributed by atoms with Gasteiger partial charge in [0, 0.05) is 29.9 Å². The maximum absolute atomic E-state index is 3.97. The summed E-state index contributed by atoms with van der Waals surface area (Å²) >= 11 is 0. The van der Waals surface area contributed by atoms with Gasteiger partial charge in [-0.1, -0.05) is 114 Å². The maximum Gasteiger partial charge on any atom is 0.201 e. The molecule has 2 nitrogen and oxygen atoms in total. The highest BCUT2D eigenvalue weighted by atomic mass is 28.3. The Kier molecular flexibility index (Phi) is 5.47. The lowest BCUT2D eigenvalue weighted by molar-refractivity contribution is 0.423. The normalized spacial score (nSPS) is 16.7. The van der Waals surface area contributed by atoms with Crippen molar-refractivity contribution in [2.75, 3.05) is 7.05 Å². The lowest BCUT2D eigenvalue weighted by Crippen LogP contribution is -2.71. The number of benzene rings is 4. The highest BCUT2D eigenvalue weighted by molar-refractivity contribution is 7.01. The van der Waals surface area contributed by atoms with Gasteiger partial charge in [-0.2, -0.15) is 0 Å². The van der Waals surface area contributed by atoms with Gasteiger partial charge >= 0.3 is 0 Å². The Morgan fingerprint density at radius 1 is 0.686 bits per heavy atom. The fourth-order valence-electron chi connectivity index (χ4n) is 6.08. The number of fused-ring (bicyclic) bond motifs is 2. The smallest absolute Gasteiger partial charge is 0.201 e. The third-order valence-electron chi connectivity index (χ3n) is 7.95. The first-order valence-corrected chi connectivity index (χ1v) is 14.6. The quantitative estimate of drug-likeness (QED) is 0.398. The van der Waals surface area contributed by atoms with Crippen molar-refractivity contribution in [3.63, 3.8) is 0 Å². The molecule has 4 aromatic carbocycles. The SMILES string of the molecule is CN[Si](c1ccc(C)cc1)(c1ccc(C)cc1)C1C=C(N2Cc3ccccc3C2)c2ccccc21. The highest BCUT2D eigenvalue weighted by Gasteiger charge is 2.47. The van der Waals surface area contributed by atoms with Crippen molar-refractivity contribution >= 4 is 24.3 Å². The molecule has 1 atom stereocenters. The van der Waals surface area contributed by atoms with Crippen LogP contribution >= 0.6 is 0 Å². The lowest BCUT2D eigenvalue weighted by atomic mass is 10.1. The second-order valence-electron chi connectivity index (χ2n) is 10.0. The fraction of sp³-hybridized carbons (Fsp3) is 0.188. The van der Waals surface area contributed by atoms with Crippen molar-refractivity contribution in [3.8, 4) is 0 Å². The molecule has 0 bridgehead atoms. The molecule has 6 rings (SSSR count). The van der Waals surface area contributed by atoms with Crippen molar-refractivity contribution in [2.24, 2.45) is 0 Å². The van der Waals surface area contributed by atoms with E-state index in [1.165, 1.54) is 49.5 Å². The minimum absolute atomic E-state index is 0.299. The standard InChI is InChI=1S/C32H32N2Si/c1-23-12-16-27(17-13-23)35(33-3,28-18-14-24(2)15-19-28)32-20-31(29-10-6-7-11-30(29)32)34-21-25-8-4-5-9-26(25)22-34/h4-20,32-33H,21-22H2,1-3H3. The maximum atomic E-state index is 3.97. The zero-order valence-electron chi connectivity index (χ0n) is 20.8. The molecule has 0 spiro atoms. The average molecular weight is 473 g/mol. The molecule has 0 fully saturated rings. The third kappa shape index (κ3) is 3.58. The number of rotatable bonds is 5. The Balaban J connectivity index is 1.54. The number of nitrogens with zero attached hydrogens (tertiary/aromatic N) is 1. The summed E-state index contributed by atoms with van der Waals surface area (Å²) in [5.74, 6) is 0. The van der Waals surface area contributed by atoms with Gasteiger partial charge in [0.2, 0.25) is 8.24 Å². The van der Waals surface area contributed by atoms with Crippen molar-refractivity contribution in [1.29, 1.82) is 0 Å². The molecule has 4 aromatic rings. The van der Waals surface area contributed by atoms with Gasteiger partial charge < -0.3 is 9.88 Å². The second-order valence-corrected chi connectivity index (χ2v) is 13.9.